The van der Waals surface area contributed by atoms with Gasteiger partial charge in [-0.1, -0.05) is 38.5 Å². The maximum absolute atomic E-state index is 12.6. The number of sulfone groups is 2. The van der Waals surface area contributed by atoms with Gasteiger partial charge in [-0.3, -0.25) is 4.79 Å². The van der Waals surface area contributed by atoms with Gasteiger partial charge in [-0.15, -0.1) is 0 Å². The molecule has 1 aromatic rings. The number of pyridine rings is 1. The minimum Gasteiger partial charge on any atom is -0.460 e. The lowest BCUT2D eigenvalue weighted by Crippen LogP contribution is -2.35. The lowest BCUT2D eigenvalue weighted by Gasteiger charge is -2.19. The van der Waals surface area contributed by atoms with E-state index in [-0.39, 0.29) is 17.3 Å². The monoisotopic (exact) mass is 530 g/mol. The summed E-state index contributed by atoms with van der Waals surface area (Å²) in [4.78, 5) is 17.1. The number of rotatable bonds is 14. The summed E-state index contributed by atoms with van der Waals surface area (Å²) in [5, 5.41) is 9.91. The predicted octanol–water partition coefficient (Wildman–Crippen LogP) is 3.27. The van der Waals surface area contributed by atoms with Gasteiger partial charge in [0.1, 0.15) is 17.2 Å². The third kappa shape index (κ3) is 9.55. The van der Waals surface area contributed by atoms with E-state index in [4.69, 9.17) is 4.74 Å². The molecule has 0 bridgehead atoms. The number of carbonyl (C=O) groups excluding carboxylic acids is 1. The van der Waals surface area contributed by atoms with Gasteiger partial charge in [0.25, 0.3) is 0 Å². The Balaban J connectivity index is 2.09. The molecule has 0 amide bonds. The van der Waals surface area contributed by atoms with Crippen LogP contribution in [0.1, 0.15) is 69.2 Å². The lowest BCUT2D eigenvalue weighted by atomic mass is 9.95. The van der Waals surface area contributed by atoms with Crippen molar-refractivity contribution in [2.45, 2.75) is 76.3 Å². The Morgan fingerprint density at radius 3 is 2.24 bits per heavy atom. The number of nitrogens with zero attached hydrogens (tertiary/aromatic N) is 2. The second kappa shape index (κ2) is 13.4. The number of carbonyl (C=O) groups is 1. The smallest absolute Gasteiger partial charge is 0.316 e. The van der Waals surface area contributed by atoms with Crippen molar-refractivity contribution in [1.29, 1.82) is 5.26 Å². The quantitative estimate of drug-likeness (QED) is 0.263. The zero-order valence-electron chi connectivity index (χ0n) is 19.9. The van der Waals surface area contributed by atoms with Crippen LogP contribution in [0.25, 0.3) is 0 Å². The zero-order valence-corrected chi connectivity index (χ0v) is 22.4. The Hall–Kier alpha value is -1.64. The van der Waals surface area contributed by atoms with Gasteiger partial charge in [-0.2, -0.15) is 5.26 Å². The van der Waals surface area contributed by atoms with Crippen LogP contribution in [0.3, 0.4) is 0 Å². The van der Waals surface area contributed by atoms with Crippen LogP contribution in [0.15, 0.2) is 11.1 Å². The first-order chi connectivity index (χ1) is 16.1. The van der Waals surface area contributed by atoms with Crippen LogP contribution >= 0.6 is 11.8 Å². The molecule has 0 unspecified atom stereocenters. The molecule has 2 rings (SSSR count). The Morgan fingerprint density at radius 1 is 1.09 bits per heavy atom. The van der Waals surface area contributed by atoms with Crippen LogP contribution in [0.5, 0.6) is 0 Å². The highest BCUT2D eigenvalue weighted by Crippen LogP contribution is 2.27. The molecule has 0 aromatic carbocycles. The standard InChI is InChI=1S/C23H34N2O6S3/c1-3-5-11-33(27,28)16-20(17-34(29,30)12-6-4-2)31-22(26)15-32-23-19(14-24)13-18-9-7-8-10-21(18)25-23/h13,20H,3-12,15-17H2,1-2H3. The molecule has 1 aliphatic rings. The van der Waals surface area contributed by atoms with E-state index in [2.05, 4.69) is 11.1 Å². The lowest BCUT2D eigenvalue weighted by molar-refractivity contribution is -0.143. The number of hydrogen-bond acceptors (Lipinski definition) is 9. The van der Waals surface area contributed by atoms with Crippen LogP contribution < -0.4 is 0 Å². The molecule has 0 N–H and O–H groups in total. The molecule has 0 spiro atoms. The number of hydrogen-bond donors (Lipinski definition) is 0. The highest BCUT2D eigenvalue weighted by Gasteiger charge is 2.28. The summed E-state index contributed by atoms with van der Waals surface area (Å²) in [6, 6.07) is 3.94. The van der Waals surface area contributed by atoms with Crippen molar-refractivity contribution >= 4 is 37.4 Å². The Kier molecular flexibility index (Phi) is 11.3. The highest BCUT2D eigenvalue weighted by molar-refractivity contribution is 8.00. The van der Waals surface area contributed by atoms with Crippen molar-refractivity contribution in [3.63, 3.8) is 0 Å². The number of esters is 1. The van der Waals surface area contributed by atoms with E-state index in [1.807, 2.05) is 19.9 Å². The molecule has 0 atom stereocenters. The van der Waals surface area contributed by atoms with Crippen LogP contribution in [-0.2, 0) is 42.0 Å². The van der Waals surface area contributed by atoms with Crippen molar-refractivity contribution < 1.29 is 26.4 Å². The van der Waals surface area contributed by atoms with Gasteiger partial charge in [0, 0.05) is 5.69 Å². The SMILES string of the molecule is CCCCS(=O)(=O)CC(CS(=O)(=O)CCCC)OC(=O)CSc1nc2c(cc1C#N)CCCC2. The average Bonchev–Trinajstić information content (AvgIpc) is 2.78. The number of thioether (sulfide) groups is 1. The van der Waals surface area contributed by atoms with Gasteiger partial charge in [-0.25, -0.2) is 21.8 Å². The van der Waals surface area contributed by atoms with E-state index >= 15 is 0 Å². The Bertz CT molecular complexity index is 1050. The maximum atomic E-state index is 12.6. The first-order valence-electron chi connectivity index (χ1n) is 11.7. The van der Waals surface area contributed by atoms with Crippen molar-refractivity contribution in [2.75, 3.05) is 28.8 Å². The molecule has 0 saturated carbocycles. The molecule has 0 fully saturated rings. The molecule has 8 nitrogen and oxygen atoms in total. The first-order valence-corrected chi connectivity index (χ1v) is 16.4. The van der Waals surface area contributed by atoms with Gasteiger partial charge in [-0.05, 0) is 50.2 Å². The summed E-state index contributed by atoms with van der Waals surface area (Å²) in [5.41, 5.74) is 2.38. The molecule has 34 heavy (non-hydrogen) atoms. The molecule has 1 heterocycles. The van der Waals surface area contributed by atoms with Gasteiger partial charge < -0.3 is 4.74 Å². The van der Waals surface area contributed by atoms with Crippen molar-refractivity contribution in [1.82, 2.24) is 4.98 Å². The molecule has 1 aromatic heterocycles. The summed E-state index contributed by atoms with van der Waals surface area (Å²) < 4.78 is 55.1. The van der Waals surface area contributed by atoms with Gasteiger partial charge in [0.15, 0.2) is 19.7 Å². The predicted molar refractivity (Wildman–Crippen MR) is 133 cm³/mol. The second-order valence-corrected chi connectivity index (χ2v) is 14.0. The minimum atomic E-state index is -3.57. The number of aryl methyl sites for hydroxylation is 2. The maximum Gasteiger partial charge on any atom is 0.316 e. The van der Waals surface area contributed by atoms with E-state index in [1.165, 1.54) is 0 Å². The van der Waals surface area contributed by atoms with E-state index in [0.29, 0.717) is 36.3 Å². The number of aromatic nitrogens is 1. The molecular weight excluding hydrogens is 496 g/mol. The second-order valence-electron chi connectivity index (χ2n) is 8.60. The summed E-state index contributed by atoms with van der Waals surface area (Å²) >= 11 is 1.05. The van der Waals surface area contributed by atoms with E-state index in [1.54, 1.807) is 0 Å². The average molecular weight is 531 g/mol. The summed E-state index contributed by atoms with van der Waals surface area (Å²) in [7, 11) is -7.15. The normalized spacial score (nSPS) is 13.9. The van der Waals surface area contributed by atoms with E-state index in [9.17, 15) is 26.9 Å². The topological polar surface area (TPSA) is 131 Å². The third-order valence-corrected chi connectivity index (χ3v) is 10.1. The van der Waals surface area contributed by atoms with E-state index in [0.717, 1.165) is 48.7 Å². The fourth-order valence-corrected chi connectivity index (χ4v) is 7.93. The van der Waals surface area contributed by atoms with E-state index < -0.39 is 43.3 Å². The summed E-state index contributed by atoms with van der Waals surface area (Å²) in [5.74, 6) is -2.11. The highest BCUT2D eigenvalue weighted by atomic mass is 32.2. The van der Waals surface area contributed by atoms with Crippen LogP contribution in [0, 0.1) is 11.3 Å². The molecule has 11 heteroatoms. The van der Waals surface area contributed by atoms with Crippen LogP contribution in [-0.4, -0.2) is 62.7 Å². The van der Waals surface area contributed by atoms with Crippen molar-refractivity contribution in [2.24, 2.45) is 0 Å². The van der Waals surface area contributed by atoms with Gasteiger partial charge >= 0.3 is 5.97 Å². The number of nitriles is 1. The molecule has 190 valence electrons. The molecular formula is C23H34N2O6S3. The number of ether oxygens (including phenoxy) is 1. The van der Waals surface area contributed by atoms with Crippen LogP contribution in [0.2, 0.25) is 0 Å². The largest absolute Gasteiger partial charge is 0.460 e. The first kappa shape index (κ1) is 28.6. The minimum absolute atomic E-state index is 0.0775. The third-order valence-electron chi connectivity index (χ3n) is 5.51. The van der Waals surface area contributed by atoms with Crippen molar-refractivity contribution in [3.8, 4) is 6.07 Å². The fourth-order valence-electron chi connectivity index (χ4n) is 3.73. The van der Waals surface area contributed by atoms with Crippen molar-refractivity contribution in [3.05, 3.63) is 22.9 Å². The fraction of sp³-hybridized carbons (Fsp3) is 0.696. The van der Waals surface area contributed by atoms with Gasteiger partial charge in [0.2, 0.25) is 0 Å². The molecule has 0 radical (unpaired) electrons. The molecule has 0 saturated heterocycles. The number of unbranched alkanes of at least 4 members (excludes halogenated alkanes) is 2. The Morgan fingerprint density at radius 2 is 1.68 bits per heavy atom. The zero-order chi connectivity index (χ0) is 25.2. The summed E-state index contributed by atoms with van der Waals surface area (Å²) in [6.45, 7) is 3.73. The van der Waals surface area contributed by atoms with Crippen LogP contribution in [0.4, 0.5) is 0 Å². The molecule has 1 aliphatic carbocycles. The Labute approximate surface area is 207 Å². The summed E-state index contributed by atoms with van der Waals surface area (Å²) in [6.07, 6.45) is 4.82. The number of fused-ring (bicyclic) bond motifs is 1. The van der Waals surface area contributed by atoms with Gasteiger partial charge in [0.05, 0.1) is 34.3 Å². The molecule has 0 aliphatic heterocycles.